The summed E-state index contributed by atoms with van der Waals surface area (Å²) < 4.78 is 17.7. The van der Waals surface area contributed by atoms with Gasteiger partial charge in [0.15, 0.2) is 11.5 Å². The fourth-order valence-corrected chi connectivity index (χ4v) is 3.05. The van der Waals surface area contributed by atoms with E-state index in [1.54, 1.807) is 7.11 Å². The first-order chi connectivity index (χ1) is 10.2. The van der Waals surface area contributed by atoms with Crippen LogP contribution in [0.15, 0.2) is 16.6 Å². The van der Waals surface area contributed by atoms with Crippen LogP contribution >= 0.6 is 15.9 Å². The molecule has 4 nitrogen and oxygen atoms in total. The van der Waals surface area contributed by atoms with Gasteiger partial charge in [-0.15, -0.1) is 0 Å². The number of ether oxygens (including phenoxy) is 3. The molecule has 0 saturated carbocycles. The SMILES string of the molecule is CCCC(COC)NCc1cc(Br)c2c(c1)OCCCO2. The van der Waals surface area contributed by atoms with Crippen molar-refractivity contribution in [3.05, 3.63) is 22.2 Å². The van der Waals surface area contributed by atoms with Gasteiger partial charge in [-0.1, -0.05) is 13.3 Å². The third-order valence-corrected chi connectivity index (χ3v) is 4.05. The van der Waals surface area contributed by atoms with Crippen molar-refractivity contribution in [2.75, 3.05) is 26.9 Å². The van der Waals surface area contributed by atoms with E-state index in [1.165, 1.54) is 5.56 Å². The number of methoxy groups -OCH3 is 1. The third-order valence-electron chi connectivity index (χ3n) is 3.46. The molecule has 0 amide bonds. The Kier molecular flexibility index (Phi) is 6.80. The van der Waals surface area contributed by atoms with E-state index in [1.807, 2.05) is 0 Å². The molecule has 0 aromatic heterocycles. The van der Waals surface area contributed by atoms with Gasteiger partial charge in [0.2, 0.25) is 0 Å². The minimum atomic E-state index is 0.384. The molecular weight excluding hydrogens is 334 g/mol. The van der Waals surface area contributed by atoms with Crippen molar-refractivity contribution in [2.45, 2.75) is 38.8 Å². The average molecular weight is 358 g/mol. The lowest BCUT2D eigenvalue weighted by molar-refractivity contribution is 0.161. The van der Waals surface area contributed by atoms with Gasteiger partial charge in [0, 0.05) is 26.1 Å². The Bertz CT molecular complexity index is 447. The topological polar surface area (TPSA) is 39.7 Å². The van der Waals surface area contributed by atoms with Gasteiger partial charge < -0.3 is 19.5 Å². The smallest absolute Gasteiger partial charge is 0.175 e. The highest BCUT2D eigenvalue weighted by Crippen LogP contribution is 2.38. The predicted octanol–water partition coefficient (Wildman–Crippen LogP) is 3.52. The second kappa shape index (κ2) is 8.61. The van der Waals surface area contributed by atoms with Crippen LogP contribution in [0.3, 0.4) is 0 Å². The molecule has 1 N–H and O–H groups in total. The average Bonchev–Trinajstić information content (AvgIpc) is 2.71. The molecule has 1 atom stereocenters. The molecule has 21 heavy (non-hydrogen) atoms. The Labute approximate surface area is 135 Å². The van der Waals surface area contributed by atoms with Crippen LogP contribution in [-0.2, 0) is 11.3 Å². The number of fused-ring (bicyclic) bond motifs is 1. The third kappa shape index (κ3) is 4.87. The normalized spacial score (nSPS) is 15.6. The summed E-state index contributed by atoms with van der Waals surface area (Å²) in [5, 5.41) is 3.55. The maximum Gasteiger partial charge on any atom is 0.175 e. The first-order valence-electron chi connectivity index (χ1n) is 7.55. The molecule has 1 aliphatic rings. The van der Waals surface area contributed by atoms with Crippen LogP contribution in [0.4, 0.5) is 0 Å². The highest BCUT2D eigenvalue weighted by Gasteiger charge is 2.16. The summed E-state index contributed by atoms with van der Waals surface area (Å²) in [6, 6.07) is 4.54. The number of hydrogen-bond acceptors (Lipinski definition) is 4. The number of halogens is 1. The largest absolute Gasteiger partial charge is 0.490 e. The van der Waals surface area contributed by atoms with E-state index in [9.17, 15) is 0 Å². The van der Waals surface area contributed by atoms with E-state index < -0.39 is 0 Å². The highest BCUT2D eigenvalue weighted by molar-refractivity contribution is 9.10. The van der Waals surface area contributed by atoms with Gasteiger partial charge in [0.25, 0.3) is 0 Å². The highest BCUT2D eigenvalue weighted by atomic mass is 79.9. The zero-order chi connectivity index (χ0) is 15.1. The van der Waals surface area contributed by atoms with Crippen molar-refractivity contribution in [1.82, 2.24) is 5.32 Å². The minimum Gasteiger partial charge on any atom is -0.490 e. The molecular formula is C16H24BrNO3. The lowest BCUT2D eigenvalue weighted by Gasteiger charge is -2.18. The van der Waals surface area contributed by atoms with E-state index in [4.69, 9.17) is 14.2 Å². The Morgan fingerprint density at radius 2 is 2.14 bits per heavy atom. The van der Waals surface area contributed by atoms with Gasteiger partial charge in [-0.3, -0.25) is 0 Å². The van der Waals surface area contributed by atoms with Gasteiger partial charge in [-0.2, -0.15) is 0 Å². The summed E-state index contributed by atoms with van der Waals surface area (Å²) in [4.78, 5) is 0. The van der Waals surface area contributed by atoms with Crippen LogP contribution in [-0.4, -0.2) is 33.0 Å². The number of nitrogens with one attached hydrogen (secondary N) is 1. The molecule has 2 rings (SSSR count). The second-order valence-electron chi connectivity index (χ2n) is 5.28. The Morgan fingerprint density at radius 1 is 1.33 bits per heavy atom. The zero-order valence-electron chi connectivity index (χ0n) is 12.8. The molecule has 0 aliphatic carbocycles. The second-order valence-corrected chi connectivity index (χ2v) is 6.13. The van der Waals surface area contributed by atoms with Gasteiger partial charge in [-0.25, -0.2) is 0 Å². The van der Waals surface area contributed by atoms with Crippen molar-refractivity contribution in [3.8, 4) is 11.5 Å². The minimum absolute atomic E-state index is 0.384. The maximum absolute atomic E-state index is 5.76. The van der Waals surface area contributed by atoms with E-state index in [0.29, 0.717) is 19.3 Å². The Balaban J connectivity index is 2.03. The lowest BCUT2D eigenvalue weighted by Crippen LogP contribution is -2.32. The molecule has 0 fully saturated rings. The number of rotatable bonds is 7. The Morgan fingerprint density at radius 3 is 2.90 bits per heavy atom. The van der Waals surface area contributed by atoms with Crippen molar-refractivity contribution in [3.63, 3.8) is 0 Å². The molecule has 1 aromatic rings. The van der Waals surface area contributed by atoms with E-state index in [0.717, 1.165) is 48.4 Å². The van der Waals surface area contributed by atoms with Crippen LogP contribution < -0.4 is 14.8 Å². The standard InChI is InChI=1S/C16H24BrNO3/c1-3-5-13(11-19-2)18-10-12-8-14(17)16-15(9-12)20-6-4-7-21-16/h8-9,13,18H,3-7,10-11H2,1-2H3. The van der Waals surface area contributed by atoms with Crippen molar-refractivity contribution in [2.24, 2.45) is 0 Å². The van der Waals surface area contributed by atoms with Crippen LogP contribution in [0.5, 0.6) is 11.5 Å². The van der Waals surface area contributed by atoms with Crippen LogP contribution in [0.1, 0.15) is 31.7 Å². The number of hydrogen-bond donors (Lipinski definition) is 1. The molecule has 1 heterocycles. The Hall–Kier alpha value is -0.780. The van der Waals surface area contributed by atoms with Crippen LogP contribution in [0.25, 0.3) is 0 Å². The lowest BCUT2D eigenvalue weighted by atomic mass is 10.1. The molecule has 1 aliphatic heterocycles. The van der Waals surface area contributed by atoms with Gasteiger partial charge >= 0.3 is 0 Å². The van der Waals surface area contributed by atoms with Crippen LogP contribution in [0.2, 0.25) is 0 Å². The molecule has 0 saturated heterocycles. The summed E-state index contributed by atoms with van der Waals surface area (Å²) in [5.74, 6) is 1.65. The summed E-state index contributed by atoms with van der Waals surface area (Å²) in [6.07, 6.45) is 3.17. The van der Waals surface area contributed by atoms with Gasteiger partial charge in [-0.05, 0) is 40.0 Å². The summed E-state index contributed by atoms with van der Waals surface area (Å²) >= 11 is 3.58. The van der Waals surface area contributed by atoms with E-state index in [-0.39, 0.29) is 0 Å². The first kappa shape index (κ1) is 16.6. The van der Waals surface area contributed by atoms with E-state index >= 15 is 0 Å². The molecule has 1 unspecified atom stereocenters. The molecule has 118 valence electrons. The number of benzene rings is 1. The fourth-order valence-electron chi connectivity index (χ4n) is 2.44. The van der Waals surface area contributed by atoms with E-state index in [2.05, 4.69) is 40.3 Å². The monoisotopic (exact) mass is 357 g/mol. The predicted molar refractivity (Wildman–Crippen MR) is 87.2 cm³/mol. The summed E-state index contributed by atoms with van der Waals surface area (Å²) in [6.45, 7) is 5.13. The van der Waals surface area contributed by atoms with Crippen molar-refractivity contribution >= 4 is 15.9 Å². The summed E-state index contributed by atoms with van der Waals surface area (Å²) in [5.41, 5.74) is 1.18. The summed E-state index contributed by atoms with van der Waals surface area (Å²) in [7, 11) is 1.74. The molecule has 1 aromatic carbocycles. The fraction of sp³-hybridized carbons (Fsp3) is 0.625. The zero-order valence-corrected chi connectivity index (χ0v) is 14.4. The molecule has 0 spiro atoms. The quantitative estimate of drug-likeness (QED) is 0.810. The van der Waals surface area contributed by atoms with Gasteiger partial charge in [0.05, 0.1) is 24.3 Å². The first-order valence-corrected chi connectivity index (χ1v) is 8.34. The molecule has 5 heteroatoms. The van der Waals surface area contributed by atoms with Crippen molar-refractivity contribution in [1.29, 1.82) is 0 Å². The maximum atomic E-state index is 5.76. The van der Waals surface area contributed by atoms with Crippen LogP contribution in [0, 0.1) is 0 Å². The molecule has 0 bridgehead atoms. The molecule has 0 radical (unpaired) electrons. The van der Waals surface area contributed by atoms with Gasteiger partial charge in [0.1, 0.15) is 0 Å². The van der Waals surface area contributed by atoms with Crippen molar-refractivity contribution < 1.29 is 14.2 Å².